The van der Waals surface area contributed by atoms with E-state index < -0.39 is 10.8 Å². The van der Waals surface area contributed by atoms with E-state index in [2.05, 4.69) is 25.7 Å². The Hall–Kier alpha value is -1.48. The van der Waals surface area contributed by atoms with Crippen molar-refractivity contribution in [1.29, 1.82) is 0 Å². The summed E-state index contributed by atoms with van der Waals surface area (Å²) in [6.45, 7) is 4.40. The zero-order valence-electron chi connectivity index (χ0n) is 11.3. The van der Waals surface area contributed by atoms with Crippen molar-refractivity contribution in [2.45, 2.75) is 26.3 Å². The van der Waals surface area contributed by atoms with Crippen LogP contribution >= 0.6 is 0 Å². The summed E-state index contributed by atoms with van der Waals surface area (Å²) in [5, 5.41) is 3.03. The van der Waals surface area contributed by atoms with Gasteiger partial charge in [0, 0.05) is 28.9 Å². The molecule has 4 N–H and O–H groups in total. The van der Waals surface area contributed by atoms with Gasteiger partial charge >= 0.3 is 6.01 Å². The first-order valence-electron chi connectivity index (χ1n) is 5.97. The van der Waals surface area contributed by atoms with Gasteiger partial charge in [-0.2, -0.15) is 15.0 Å². The highest BCUT2D eigenvalue weighted by atomic mass is 32.2. The number of nitrogen functional groups attached to an aromatic ring is 1. The third-order valence-corrected chi connectivity index (χ3v) is 3.01. The molecular weight excluding hydrogens is 268 g/mol. The van der Waals surface area contributed by atoms with E-state index in [0.29, 0.717) is 18.3 Å². The topological polar surface area (TPSA) is 115 Å². The lowest BCUT2D eigenvalue weighted by molar-refractivity contribution is 0.292. The first-order chi connectivity index (χ1) is 9.05. The van der Waals surface area contributed by atoms with Crippen molar-refractivity contribution < 1.29 is 8.95 Å². The number of rotatable bonds is 8. The summed E-state index contributed by atoms with van der Waals surface area (Å²) in [4.78, 5) is 12.2. The molecule has 1 rings (SSSR count). The fraction of sp³-hybridized carbons (Fsp3) is 0.700. The molecule has 8 nitrogen and oxygen atoms in total. The lowest BCUT2D eigenvalue weighted by atomic mass is 10.4. The molecule has 1 aromatic heterocycles. The van der Waals surface area contributed by atoms with Crippen molar-refractivity contribution in [2.24, 2.45) is 5.84 Å². The highest BCUT2D eigenvalue weighted by Gasteiger charge is 2.10. The van der Waals surface area contributed by atoms with Crippen LogP contribution in [0.25, 0.3) is 0 Å². The van der Waals surface area contributed by atoms with Crippen LogP contribution in [0.1, 0.15) is 20.3 Å². The molecule has 9 heteroatoms. The Morgan fingerprint density at radius 3 is 2.63 bits per heavy atom. The van der Waals surface area contributed by atoms with Gasteiger partial charge in [-0.15, -0.1) is 0 Å². The number of nitrogens with two attached hydrogens (primary N) is 1. The van der Waals surface area contributed by atoms with Gasteiger partial charge in [-0.05, 0) is 13.3 Å². The summed E-state index contributed by atoms with van der Waals surface area (Å²) >= 11 is 0. The van der Waals surface area contributed by atoms with Gasteiger partial charge in [-0.3, -0.25) is 9.63 Å². The van der Waals surface area contributed by atoms with E-state index in [1.54, 1.807) is 6.26 Å². The van der Waals surface area contributed by atoms with Crippen LogP contribution in [0.5, 0.6) is 6.01 Å². The molecule has 2 unspecified atom stereocenters. The van der Waals surface area contributed by atoms with E-state index in [9.17, 15) is 4.21 Å². The molecule has 0 fully saturated rings. The fourth-order valence-electron chi connectivity index (χ4n) is 1.36. The van der Waals surface area contributed by atoms with Crippen LogP contribution in [0.3, 0.4) is 0 Å². The normalized spacial score (nSPS) is 13.7. The van der Waals surface area contributed by atoms with Gasteiger partial charge in [0.15, 0.2) is 0 Å². The fourth-order valence-corrected chi connectivity index (χ4v) is 2.15. The zero-order valence-corrected chi connectivity index (χ0v) is 12.2. The molecule has 1 heterocycles. The number of ether oxygens (including phenoxy) is 1. The number of aromatic nitrogens is 3. The van der Waals surface area contributed by atoms with Crippen LogP contribution in [0.2, 0.25) is 0 Å². The average molecular weight is 288 g/mol. The average Bonchev–Trinajstić information content (AvgIpc) is 2.34. The van der Waals surface area contributed by atoms with Gasteiger partial charge in [0.05, 0.1) is 6.61 Å². The molecule has 0 aliphatic carbocycles. The minimum Gasteiger partial charge on any atom is -0.463 e. The summed E-state index contributed by atoms with van der Waals surface area (Å²) in [6, 6.07) is 0.176. The molecule has 0 saturated carbocycles. The maximum absolute atomic E-state index is 11.1. The predicted molar refractivity (Wildman–Crippen MR) is 75.4 cm³/mol. The molecule has 0 aliphatic heterocycles. The summed E-state index contributed by atoms with van der Waals surface area (Å²) in [5.41, 5.74) is 2.36. The van der Waals surface area contributed by atoms with E-state index in [4.69, 9.17) is 10.6 Å². The molecular formula is C10H20N6O2S. The molecule has 19 heavy (non-hydrogen) atoms. The Labute approximate surface area is 115 Å². The summed E-state index contributed by atoms with van der Waals surface area (Å²) < 4.78 is 16.5. The van der Waals surface area contributed by atoms with Gasteiger partial charge in [0.2, 0.25) is 11.9 Å². The third kappa shape index (κ3) is 5.79. The number of anilines is 2. The Bertz CT molecular complexity index is 430. The number of nitrogens with one attached hydrogen (secondary N) is 2. The second-order valence-corrected chi connectivity index (χ2v) is 5.52. The Morgan fingerprint density at radius 2 is 2.05 bits per heavy atom. The Balaban J connectivity index is 2.78. The van der Waals surface area contributed by atoms with Crippen molar-refractivity contribution in [3.63, 3.8) is 0 Å². The van der Waals surface area contributed by atoms with Crippen LogP contribution < -0.4 is 21.3 Å². The van der Waals surface area contributed by atoms with Gasteiger partial charge in [-0.25, -0.2) is 5.84 Å². The lowest BCUT2D eigenvalue weighted by Gasteiger charge is -2.13. The van der Waals surface area contributed by atoms with E-state index >= 15 is 0 Å². The number of hydrazine groups is 1. The summed E-state index contributed by atoms with van der Waals surface area (Å²) in [5.74, 6) is 6.35. The SMILES string of the molecule is CCCOc1nc(NN)nc(NC(C)CS(C)=O)n1. The lowest BCUT2D eigenvalue weighted by Crippen LogP contribution is -2.24. The molecule has 0 aliphatic rings. The molecule has 108 valence electrons. The van der Waals surface area contributed by atoms with E-state index in [0.717, 1.165) is 6.42 Å². The monoisotopic (exact) mass is 288 g/mol. The van der Waals surface area contributed by atoms with Crippen molar-refractivity contribution in [1.82, 2.24) is 15.0 Å². The van der Waals surface area contributed by atoms with Gasteiger partial charge in [0.1, 0.15) is 0 Å². The standard InChI is InChI=1S/C10H20N6O2S/c1-4-5-18-10-14-8(13-9(15-10)16-11)12-7(2)6-19(3)17/h7H,4-6,11H2,1-3H3,(H2,12,13,14,15,16). The summed E-state index contributed by atoms with van der Waals surface area (Å²) in [6.07, 6.45) is 2.50. The van der Waals surface area contributed by atoms with Gasteiger partial charge < -0.3 is 10.1 Å². The molecule has 0 bridgehead atoms. The highest BCUT2D eigenvalue weighted by Crippen LogP contribution is 2.11. The Kier molecular flexibility index (Phi) is 6.43. The smallest absolute Gasteiger partial charge is 0.323 e. The first kappa shape index (κ1) is 15.6. The van der Waals surface area contributed by atoms with Crippen molar-refractivity contribution >= 4 is 22.7 Å². The minimum atomic E-state index is -0.892. The van der Waals surface area contributed by atoms with Crippen LogP contribution in [0, 0.1) is 0 Å². The number of hydrogen-bond acceptors (Lipinski definition) is 8. The van der Waals surface area contributed by atoms with Crippen LogP contribution in [0.15, 0.2) is 0 Å². The molecule has 0 amide bonds. The van der Waals surface area contributed by atoms with E-state index in [-0.39, 0.29) is 18.0 Å². The van der Waals surface area contributed by atoms with Gasteiger partial charge in [-0.1, -0.05) is 6.92 Å². The minimum absolute atomic E-state index is 0.0297. The molecule has 2 atom stereocenters. The van der Waals surface area contributed by atoms with E-state index in [1.807, 2.05) is 13.8 Å². The third-order valence-electron chi connectivity index (χ3n) is 2.04. The maximum Gasteiger partial charge on any atom is 0.323 e. The van der Waals surface area contributed by atoms with Crippen LogP contribution in [0.4, 0.5) is 11.9 Å². The summed E-state index contributed by atoms with van der Waals surface area (Å²) in [7, 11) is -0.892. The largest absolute Gasteiger partial charge is 0.463 e. The zero-order chi connectivity index (χ0) is 14.3. The van der Waals surface area contributed by atoms with E-state index in [1.165, 1.54) is 0 Å². The molecule has 0 saturated heterocycles. The van der Waals surface area contributed by atoms with Crippen LogP contribution in [-0.2, 0) is 10.8 Å². The molecule has 0 spiro atoms. The first-order valence-corrected chi connectivity index (χ1v) is 7.70. The molecule has 0 radical (unpaired) electrons. The van der Waals surface area contributed by atoms with Crippen molar-refractivity contribution in [2.75, 3.05) is 29.4 Å². The van der Waals surface area contributed by atoms with Gasteiger partial charge in [0.25, 0.3) is 0 Å². The molecule has 1 aromatic rings. The number of nitrogens with zero attached hydrogens (tertiary/aromatic N) is 3. The maximum atomic E-state index is 11.1. The second-order valence-electron chi connectivity index (χ2n) is 4.04. The quantitative estimate of drug-likeness (QED) is 0.456. The second kappa shape index (κ2) is 7.85. The van der Waals surface area contributed by atoms with Crippen molar-refractivity contribution in [3.05, 3.63) is 0 Å². The predicted octanol–water partition coefficient (Wildman–Crippen LogP) is 0.125. The molecule has 0 aromatic carbocycles. The highest BCUT2D eigenvalue weighted by molar-refractivity contribution is 7.84. The van der Waals surface area contributed by atoms with Crippen LogP contribution in [-0.4, -0.2) is 43.8 Å². The van der Waals surface area contributed by atoms with Crippen molar-refractivity contribution in [3.8, 4) is 6.01 Å². The Morgan fingerprint density at radius 1 is 1.37 bits per heavy atom. The number of hydrogen-bond donors (Lipinski definition) is 3.